The topological polar surface area (TPSA) is 104 Å². The molecule has 0 spiro atoms. The monoisotopic (exact) mass is 399 g/mol. The Morgan fingerprint density at radius 1 is 1.04 bits per heavy atom. The van der Waals surface area contributed by atoms with Crippen LogP contribution in [-0.2, 0) is 10.0 Å². The predicted octanol–water partition coefficient (Wildman–Crippen LogP) is 1.99. The van der Waals surface area contributed by atoms with Crippen molar-refractivity contribution in [2.75, 3.05) is 11.9 Å². The molecule has 146 valence electrons. The predicted molar refractivity (Wildman–Crippen MR) is 107 cm³/mol. The molecule has 0 saturated heterocycles. The van der Waals surface area contributed by atoms with Gasteiger partial charge in [0.25, 0.3) is 11.8 Å². The quantitative estimate of drug-likeness (QED) is 0.619. The zero-order valence-corrected chi connectivity index (χ0v) is 16.3. The maximum atomic E-state index is 12.4. The number of benzene rings is 2. The van der Waals surface area contributed by atoms with Crippen LogP contribution in [0.5, 0.6) is 0 Å². The second kappa shape index (κ2) is 9.17. The van der Waals surface area contributed by atoms with E-state index in [2.05, 4.69) is 21.3 Å². The van der Waals surface area contributed by atoms with Crippen molar-refractivity contribution < 1.29 is 18.0 Å². The fourth-order valence-corrected chi connectivity index (χ4v) is 3.26. The van der Waals surface area contributed by atoms with Crippen LogP contribution >= 0.6 is 0 Å². The fraction of sp³-hybridized carbons (Fsp3) is 0.200. The summed E-state index contributed by atoms with van der Waals surface area (Å²) >= 11 is 0. The van der Waals surface area contributed by atoms with Crippen LogP contribution in [0.25, 0.3) is 0 Å². The van der Waals surface area contributed by atoms with Crippen molar-refractivity contribution in [1.29, 1.82) is 0 Å². The third-order valence-electron chi connectivity index (χ3n) is 3.60. The number of carbonyl (C=O) groups is 2. The van der Waals surface area contributed by atoms with Crippen LogP contribution in [0.15, 0.2) is 53.4 Å². The van der Waals surface area contributed by atoms with Gasteiger partial charge < -0.3 is 10.6 Å². The Labute approximate surface area is 164 Å². The van der Waals surface area contributed by atoms with Crippen molar-refractivity contribution in [1.82, 2.24) is 10.0 Å². The van der Waals surface area contributed by atoms with Crippen LogP contribution < -0.4 is 15.4 Å². The highest BCUT2D eigenvalue weighted by Crippen LogP contribution is 2.15. The van der Waals surface area contributed by atoms with E-state index in [0.717, 1.165) is 0 Å². The molecule has 8 heteroatoms. The van der Waals surface area contributed by atoms with E-state index in [0.29, 0.717) is 11.3 Å². The van der Waals surface area contributed by atoms with E-state index in [1.54, 1.807) is 24.3 Å². The van der Waals surface area contributed by atoms with E-state index in [1.807, 2.05) is 13.8 Å². The third-order valence-corrected chi connectivity index (χ3v) is 4.99. The van der Waals surface area contributed by atoms with Gasteiger partial charge in [-0.2, -0.15) is 4.72 Å². The highest BCUT2D eigenvalue weighted by Gasteiger charge is 2.16. The van der Waals surface area contributed by atoms with Crippen LogP contribution in [0, 0.1) is 12.3 Å². The van der Waals surface area contributed by atoms with E-state index >= 15 is 0 Å². The van der Waals surface area contributed by atoms with Gasteiger partial charge in [0.1, 0.15) is 0 Å². The minimum atomic E-state index is -3.79. The molecule has 0 saturated carbocycles. The van der Waals surface area contributed by atoms with Gasteiger partial charge in [0.05, 0.1) is 11.4 Å². The molecule has 2 rings (SSSR count). The zero-order valence-electron chi connectivity index (χ0n) is 15.5. The molecule has 2 amide bonds. The maximum absolute atomic E-state index is 12.4. The summed E-state index contributed by atoms with van der Waals surface area (Å²) < 4.78 is 26.5. The van der Waals surface area contributed by atoms with Gasteiger partial charge >= 0.3 is 0 Å². The molecule has 0 aliphatic heterocycles. The van der Waals surface area contributed by atoms with Crippen LogP contribution in [0.3, 0.4) is 0 Å². The number of carbonyl (C=O) groups excluding carboxylic acids is 2. The molecule has 7 nitrogen and oxygen atoms in total. The first-order valence-electron chi connectivity index (χ1n) is 8.48. The molecule has 0 heterocycles. The number of anilines is 1. The Morgan fingerprint density at radius 2 is 1.71 bits per heavy atom. The molecule has 0 bridgehead atoms. The van der Waals surface area contributed by atoms with E-state index in [9.17, 15) is 18.0 Å². The minimum Gasteiger partial charge on any atom is -0.350 e. The molecule has 0 atom stereocenters. The van der Waals surface area contributed by atoms with Crippen LogP contribution in [0.1, 0.15) is 34.6 Å². The second-order valence-corrected chi connectivity index (χ2v) is 7.98. The van der Waals surface area contributed by atoms with E-state index in [-0.39, 0.29) is 29.0 Å². The van der Waals surface area contributed by atoms with Crippen LogP contribution in [0.4, 0.5) is 5.69 Å². The number of rotatable bonds is 7. The normalized spacial score (nSPS) is 10.9. The van der Waals surface area contributed by atoms with E-state index < -0.39 is 15.9 Å². The number of amides is 2. The van der Waals surface area contributed by atoms with Crippen molar-refractivity contribution in [3.05, 3.63) is 59.7 Å². The Kier molecular flexibility index (Phi) is 6.93. The molecule has 0 aliphatic rings. The molecule has 0 fully saturated rings. The number of hydrogen-bond acceptors (Lipinski definition) is 4. The SMILES string of the molecule is C#CCNS(=O)(=O)c1cccc(C(=O)Nc2ccc(C(=O)NC(C)C)cc2)c1. The first-order valence-corrected chi connectivity index (χ1v) is 9.96. The van der Waals surface area contributed by atoms with Gasteiger partial charge in [-0.3, -0.25) is 9.59 Å². The van der Waals surface area contributed by atoms with Gasteiger partial charge in [0.15, 0.2) is 0 Å². The molecule has 2 aromatic carbocycles. The van der Waals surface area contributed by atoms with E-state index in [1.165, 1.54) is 24.3 Å². The maximum Gasteiger partial charge on any atom is 0.255 e. The summed E-state index contributed by atoms with van der Waals surface area (Å²) in [5.41, 5.74) is 1.12. The Bertz CT molecular complexity index is 1010. The first-order chi connectivity index (χ1) is 13.2. The molecule has 3 N–H and O–H groups in total. The van der Waals surface area contributed by atoms with Crippen molar-refractivity contribution in [3.8, 4) is 12.3 Å². The molecular weight excluding hydrogens is 378 g/mol. The lowest BCUT2D eigenvalue weighted by Gasteiger charge is -2.10. The Hall–Kier alpha value is -3.15. The third kappa shape index (κ3) is 5.67. The fourth-order valence-electron chi connectivity index (χ4n) is 2.28. The van der Waals surface area contributed by atoms with Crippen molar-refractivity contribution >= 4 is 27.5 Å². The largest absolute Gasteiger partial charge is 0.350 e. The van der Waals surface area contributed by atoms with Crippen molar-refractivity contribution in [2.45, 2.75) is 24.8 Å². The standard InChI is InChI=1S/C20H21N3O4S/c1-4-12-21-28(26,27)18-7-5-6-16(13-18)20(25)23-17-10-8-15(9-11-17)19(24)22-14(2)3/h1,5-11,13-14,21H,12H2,2-3H3,(H,22,24)(H,23,25). The average Bonchev–Trinajstić information content (AvgIpc) is 2.66. The lowest BCUT2D eigenvalue weighted by Crippen LogP contribution is -2.30. The van der Waals surface area contributed by atoms with Crippen LogP contribution in [0.2, 0.25) is 0 Å². The lowest BCUT2D eigenvalue weighted by molar-refractivity contribution is 0.0942. The summed E-state index contributed by atoms with van der Waals surface area (Å²) in [4.78, 5) is 24.3. The Balaban J connectivity index is 2.12. The van der Waals surface area contributed by atoms with Crippen molar-refractivity contribution in [2.24, 2.45) is 0 Å². The molecular formula is C20H21N3O4S. The summed E-state index contributed by atoms with van der Waals surface area (Å²) in [7, 11) is -3.79. The van der Waals surface area contributed by atoms with Gasteiger partial charge in [-0.15, -0.1) is 6.42 Å². The minimum absolute atomic E-state index is 0.0190. The molecule has 0 aliphatic carbocycles. The summed E-state index contributed by atoms with van der Waals surface area (Å²) in [6.45, 7) is 3.58. The highest BCUT2D eigenvalue weighted by molar-refractivity contribution is 7.89. The molecule has 0 radical (unpaired) electrons. The molecule has 2 aromatic rings. The molecule has 28 heavy (non-hydrogen) atoms. The van der Waals surface area contributed by atoms with Gasteiger partial charge in [-0.1, -0.05) is 12.0 Å². The summed E-state index contributed by atoms with van der Waals surface area (Å²) in [5, 5.41) is 5.45. The summed E-state index contributed by atoms with van der Waals surface area (Å²) in [6.07, 6.45) is 5.06. The summed E-state index contributed by atoms with van der Waals surface area (Å²) in [5.74, 6) is 1.51. The molecule has 0 unspecified atom stereocenters. The second-order valence-electron chi connectivity index (χ2n) is 6.22. The highest BCUT2D eigenvalue weighted by atomic mass is 32.2. The van der Waals surface area contributed by atoms with Gasteiger partial charge in [-0.25, -0.2) is 8.42 Å². The Morgan fingerprint density at radius 3 is 2.32 bits per heavy atom. The number of terminal acetylenes is 1. The number of nitrogens with one attached hydrogen (secondary N) is 3. The smallest absolute Gasteiger partial charge is 0.255 e. The van der Waals surface area contributed by atoms with Gasteiger partial charge in [0.2, 0.25) is 10.0 Å². The number of sulfonamides is 1. The van der Waals surface area contributed by atoms with Gasteiger partial charge in [-0.05, 0) is 56.3 Å². The summed E-state index contributed by atoms with van der Waals surface area (Å²) in [6, 6.07) is 12.0. The van der Waals surface area contributed by atoms with Crippen LogP contribution in [-0.4, -0.2) is 32.8 Å². The average molecular weight is 399 g/mol. The molecule has 0 aromatic heterocycles. The number of hydrogen-bond donors (Lipinski definition) is 3. The first kappa shape index (κ1) is 21.2. The lowest BCUT2D eigenvalue weighted by atomic mass is 10.1. The van der Waals surface area contributed by atoms with Crippen molar-refractivity contribution in [3.63, 3.8) is 0 Å². The van der Waals surface area contributed by atoms with Gasteiger partial charge in [0, 0.05) is 22.9 Å². The zero-order chi connectivity index (χ0) is 20.7. The van der Waals surface area contributed by atoms with E-state index in [4.69, 9.17) is 6.42 Å².